The minimum atomic E-state index is -1.64. The van der Waals surface area contributed by atoms with Gasteiger partial charge in [0.25, 0.3) is 0 Å². The average Bonchev–Trinajstić information content (AvgIpc) is 3.24. The molecule has 4 atom stereocenters. The Morgan fingerprint density at radius 1 is 1.17 bits per heavy atom. The van der Waals surface area contributed by atoms with E-state index in [-0.39, 0.29) is 0 Å². The highest BCUT2D eigenvalue weighted by molar-refractivity contribution is 6.02. The van der Waals surface area contributed by atoms with E-state index in [1.54, 1.807) is 10.8 Å². The number of anilines is 1. The van der Waals surface area contributed by atoms with Crippen molar-refractivity contribution in [3.8, 4) is 11.1 Å². The van der Waals surface area contributed by atoms with Crippen molar-refractivity contribution in [2.75, 3.05) is 12.3 Å². The fraction of sp³-hybridized carbons (Fsp3) is 0.273. The summed E-state index contributed by atoms with van der Waals surface area (Å²) in [6.45, 7) is 1.06. The molecule has 5 N–H and O–H groups in total. The third-order valence-corrected chi connectivity index (χ3v) is 5.89. The molecule has 0 saturated carbocycles. The quantitative estimate of drug-likeness (QED) is 0.409. The van der Waals surface area contributed by atoms with Crippen LogP contribution in [0.25, 0.3) is 32.9 Å². The van der Waals surface area contributed by atoms with Crippen LogP contribution >= 0.6 is 0 Å². The molecule has 1 saturated heterocycles. The summed E-state index contributed by atoms with van der Waals surface area (Å²) in [6.07, 6.45) is 0.0163. The number of ether oxygens (including phenoxy) is 1. The molecule has 4 aromatic rings. The predicted octanol–water partition coefficient (Wildman–Crippen LogP) is 1.84. The first kappa shape index (κ1) is 19.0. The van der Waals surface area contributed by atoms with E-state index in [1.807, 2.05) is 36.4 Å². The molecule has 0 bridgehead atoms. The van der Waals surface area contributed by atoms with E-state index in [1.165, 1.54) is 13.3 Å². The highest BCUT2D eigenvalue weighted by Crippen LogP contribution is 2.43. The summed E-state index contributed by atoms with van der Waals surface area (Å²) in [4.78, 5) is 8.51. The maximum Gasteiger partial charge on any atom is 0.167 e. The van der Waals surface area contributed by atoms with Gasteiger partial charge in [0.1, 0.15) is 35.6 Å². The first-order valence-electron chi connectivity index (χ1n) is 9.68. The molecular weight excluding hydrogens is 384 g/mol. The van der Waals surface area contributed by atoms with Crippen molar-refractivity contribution in [3.63, 3.8) is 0 Å². The van der Waals surface area contributed by atoms with Crippen molar-refractivity contribution >= 4 is 27.6 Å². The molecule has 0 aliphatic carbocycles. The van der Waals surface area contributed by atoms with Gasteiger partial charge in [0, 0.05) is 11.8 Å². The molecule has 3 heterocycles. The summed E-state index contributed by atoms with van der Waals surface area (Å²) in [5.41, 5.74) is 6.74. The smallest absolute Gasteiger partial charge is 0.167 e. The Balaban J connectivity index is 1.73. The van der Waals surface area contributed by atoms with E-state index in [4.69, 9.17) is 10.5 Å². The van der Waals surface area contributed by atoms with E-state index in [0.29, 0.717) is 16.9 Å². The van der Waals surface area contributed by atoms with Crippen LogP contribution in [0.4, 0.5) is 5.82 Å². The number of aliphatic hydroxyl groups excluding tert-OH is 2. The molecule has 2 unspecified atom stereocenters. The van der Waals surface area contributed by atoms with Gasteiger partial charge in [-0.3, -0.25) is 0 Å². The van der Waals surface area contributed by atoms with Gasteiger partial charge in [0.2, 0.25) is 0 Å². The number of rotatable bonds is 3. The molecule has 2 aromatic heterocycles. The molecule has 30 heavy (non-hydrogen) atoms. The van der Waals surface area contributed by atoms with E-state index >= 15 is 0 Å². The van der Waals surface area contributed by atoms with E-state index in [9.17, 15) is 15.3 Å². The second-order valence-electron chi connectivity index (χ2n) is 7.85. The number of aromatic nitrogens is 3. The lowest BCUT2D eigenvalue weighted by Crippen LogP contribution is -2.44. The van der Waals surface area contributed by atoms with Gasteiger partial charge in [-0.1, -0.05) is 36.4 Å². The molecule has 5 rings (SSSR count). The summed E-state index contributed by atoms with van der Waals surface area (Å²) in [6, 6.07) is 14.1. The molecule has 1 aliphatic rings. The van der Waals surface area contributed by atoms with Gasteiger partial charge in [-0.2, -0.15) is 0 Å². The van der Waals surface area contributed by atoms with Crippen LogP contribution in [0.15, 0.2) is 55.0 Å². The van der Waals surface area contributed by atoms with Gasteiger partial charge in [0.05, 0.1) is 12.0 Å². The van der Waals surface area contributed by atoms with Crippen molar-refractivity contribution in [3.05, 3.63) is 55.0 Å². The highest BCUT2D eigenvalue weighted by Gasteiger charge is 2.53. The van der Waals surface area contributed by atoms with E-state index < -0.39 is 30.6 Å². The first-order valence-corrected chi connectivity index (χ1v) is 9.68. The van der Waals surface area contributed by atoms with Crippen LogP contribution in [0.5, 0.6) is 0 Å². The summed E-state index contributed by atoms with van der Waals surface area (Å²) < 4.78 is 7.45. The van der Waals surface area contributed by atoms with Crippen LogP contribution in [0, 0.1) is 0 Å². The zero-order valence-electron chi connectivity index (χ0n) is 16.3. The summed E-state index contributed by atoms with van der Waals surface area (Å²) in [5, 5.41) is 33.7. The zero-order chi connectivity index (χ0) is 21.0. The van der Waals surface area contributed by atoms with Crippen LogP contribution < -0.4 is 5.73 Å². The number of benzene rings is 2. The molecule has 8 nitrogen and oxygen atoms in total. The molecule has 2 aromatic carbocycles. The number of aliphatic hydroxyl groups is 3. The Hall–Kier alpha value is -3.04. The average molecular weight is 406 g/mol. The Bertz CT molecular complexity index is 1250. The van der Waals surface area contributed by atoms with Crippen LogP contribution in [0.3, 0.4) is 0 Å². The minimum absolute atomic E-state index is 0.304. The van der Waals surface area contributed by atoms with Crippen molar-refractivity contribution < 1.29 is 20.1 Å². The number of hydrogen-bond acceptors (Lipinski definition) is 7. The fourth-order valence-electron chi connectivity index (χ4n) is 4.25. The van der Waals surface area contributed by atoms with Gasteiger partial charge in [0.15, 0.2) is 6.23 Å². The molecule has 0 radical (unpaired) electrons. The Labute approximate surface area is 172 Å². The van der Waals surface area contributed by atoms with Crippen molar-refractivity contribution in [2.24, 2.45) is 0 Å². The number of fused-ring (bicyclic) bond motifs is 2. The van der Waals surface area contributed by atoms with Gasteiger partial charge >= 0.3 is 0 Å². The summed E-state index contributed by atoms with van der Waals surface area (Å²) in [5.74, 6) is 0.304. The van der Waals surface area contributed by atoms with Gasteiger partial charge in [-0.05, 0) is 29.3 Å². The molecular formula is C22H22N4O4. The molecule has 0 amide bonds. The lowest BCUT2D eigenvalue weighted by atomic mass is 9.96. The minimum Gasteiger partial charge on any atom is -0.394 e. The molecule has 0 spiro atoms. The molecule has 1 fully saturated rings. The molecule has 1 aliphatic heterocycles. The largest absolute Gasteiger partial charge is 0.394 e. The second kappa shape index (κ2) is 6.75. The Kier molecular flexibility index (Phi) is 4.26. The summed E-state index contributed by atoms with van der Waals surface area (Å²) in [7, 11) is 0. The Morgan fingerprint density at radius 2 is 1.93 bits per heavy atom. The maximum absolute atomic E-state index is 10.9. The predicted molar refractivity (Wildman–Crippen MR) is 113 cm³/mol. The molecule has 8 heteroatoms. The topological polar surface area (TPSA) is 127 Å². The second-order valence-corrected chi connectivity index (χ2v) is 7.85. The number of nitrogen functional groups attached to an aromatic ring is 1. The molecule has 154 valence electrons. The number of nitrogens with two attached hydrogens (primary N) is 1. The highest BCUT2D eigenvalue weighted by atomic mass is 16.6. The Morgan fingerprint density at radius 3 is 2.67 bits per heavy atom. The van der Waals surface area contributed by atoms with Gasteiger partial charge < -0.3 is 30.4 Å². The SMILES string of the molecule is CC1(O)C(O)[C@@H](CO)O[C@H]1n1cc(-c2ccc3ccccc3c2)c2c(N)ncnc21. The third-order valence-electron chi connectivity index (χ3n) is 5.89. The third kappa shape index (κ3) is 2.69. The van der Waals surface area contributed by atoms with E-state index in [2.05, 4.69) is 16.0 Å². The number of nitrogens with zero attached hydrogens (tertiary/aromatic N) is 3. The van der Waals surface area contributed by atoms with Crippen LogP contribution in [-0.4, -0.2) is 54.3 Å². The number of hydrogen-bond donors (Lipinski definition) is 4. The monoisotopic (exact) mass is 406 g/mol. The lowest BCUT2D eigenvalue weighted by Gasteiger charge is -2.27. The fourth-order valence-corrected chi connectivity index (χ4v) is 4.25. The van der Waals surface area contributed by atoms with Gasteiger partial charge in [-0.25, -0.2) is 9.97 Å². The van der Waals surface area contributed by atoms with Crippen LogP contribution in [0.2, 0.25) is 0 Å². The maximum atomic E-state index is 10.9. The van der Waals surface area contributed by atoms with Crippen LogP contribution in [-0.2, 0) is 4.74 Å². The first-order chi connectivity index (χ1) is 14.4. The lowest BCUT2D eigenvalue weighted by molar-refractivity contribution is -0.0948. The zero-order valence-corrected chi connectivity index (χ0v) is 16.3. The van der Waals surface area contributed by atoms with Gasteiger partial charge in [-0.15, -0.1) is 0 Å². The van der Waals surface area contributed by atoms with Crippen molar-refractivity contribution in [1.29, 1.82) is 0 Å². The van der Waals surface area contributed by atoms with Crippen molar-refractivity contribution in [2.45, 2.75) is 31.0 Å². The van der Waals surface area contributed by atoms with Crippen LogP contribution in [0.1, 0.15) is 13.2 Å². The standard InChI is InChI=1S/C22H22N4O4/c1-22(29)18(28)16(10-27)30-21(22)26-9-15(17-19(23)24-11-25-20(17)26)14-7-6-12-4-2-3-5-13(12)8-14/h2-9,11,16,18,21,27-29H,10H2,1H3,(H2,23,24,25)/t16-,18?,21-,22?/m1/s1. The summed E-state index contributed by atoms with van der Waals surface area (Å²) >= 11 is 0. The van der Waals surface area contributed by atoms with E-state index in [0.717, 1.165) is 21.9 Å². The van der Waals surface area contributed by atoms with Crippen molar-refractivity contribution in [1.82, 2.24) is 14.5 Å². The normalized spacial score (nSPS) is 26.6.